The number of nitrogens with zero attached hydrogens (tertiary/aromatic N) is 2. The molecule has 3 fully saturated rings. The van der Waals surface area contributed by atoms with Crippen molar-refractivity contribution in [1.82, 2.24) is 15.3 Å². The fourth-order valence-electron chi connectivity index (χ4n) is 3.04. The van der Waals surface area contributed by atoms with Crippen LogP contribution in [-0.4, -0.2) is 22.6 Å². The van der Waals surface area contributed by atoms with Gasteiger partial charge in [0.1, 0.15) is 0 Å². The Hall–Kier alpha value is -1.17. The van der Waals surface area contributed by atoms with Crippen LogP contribution in [0, 0.1) is 11.8 Å². The Morgan fingerprint density at radius 3 is 2.53 bits per heavy atom. The lowest BCUT2D eigenvalue weighted by Gasteiger charge is -2.47. The summed E-state index contributed by atoms with van der Waals surface area (Å²) in [5.74, 6) is 1.60. The van der Waals surface area contributed by atoms with Crippen molar-refractivity contribution in [1.29, 1.82) is 0 Å². The van der Waals surface area contributed by atoms with Gasteiger partial charge in [-0.3, -0.25) is 4.98 Å². The molecule has 1 N–H and O–H groups in total. The molecular formula is C13H16F3N3. The van der Waals surface area contributed by atoms with Crippen LogP contribution in [-0.2, 0) is 12.6 Å². The minimum absolute atomic E-state index is 0.495. The lowest BCUT2D eigenvalue weighted by molar-refractivity contribution is -0.141. The van der Waals surface area contributed by atoms with Crippen molar-refractivity contribution >= 4 is 0 Å². The van der Waals surface area contributed by atoms with Gasteiger partial charge in [-0.25, -0.2) is 4.98 Å². The van der Waals surface area contributed by atoms with Crippen molar-refractivity contribution in [3.63, 3.8) is 0 Å². The van der Waals surface area contributed by atoms with E-state index in [1.54, 1.807) is 0 Å². The van der Waals surface area contributed by atoms with Gasteiger partial charge in [0.05, 0.1) is 11.9 Å². The highest BCUT2D eigenvalue weighted by Gasteiger charge is 2.39. The molecule has 0 aromatic carbocycles. The summed E-state index contributed by atoms with van der Waals surface area (Å²) in [6, 6.07) is 0.495. The van der Waals surface area contributed by atoms with Crippen molar-refractivity contribution in [2.24, 2.45) is 11.8 Å². The third-order valence-electron chi connectivity index (χ3n) is 4.22. The minimum atomic E-state index is -4.41. The summed E-state index contributed by atoms with van der Waals surface area (Å²) < 4.78 is 37.0. The average Bonchev–Trinajstić information content (AvgIpc) is 2.35. The number of hydrogen-bond acceptors (Lipinski definition) is 3. The van der Waals surface area contributed by atoms with E-state index in [1.807, 2.05) is 0 Å². The van der Waals surface area contributed by atoms with E-state index in [9.17, 15) is 13.2 Å². The molecule has 104 valence electrons. The van der Waals surface area contributed by atoms with Crippen LogP contribution in [0.3, 0.4) is 0 Å². The number of nitrogens with one attached hydrogen (secondary N) is 1. The SMILES string of the molecule is FC(F)(F)c1cnc(CCC2NCC3CC2C3)cn1. The molecule has 2 bridgehead atoms. The summed E-state index contributed by atoms with van der Waals surface area (Å²) >= 11 is 0. The maximum atomic E-state index is 12.3. The molecule has 1 unspecified atom stereocenters. The third-order valence-corrected chi connectivity index (χ3v) is 4.22. The number of aryl methyl sites for hydroxylation is 1. The van der Waals surface area contributed by atoms with Crippen LogP contribution >= 0.6 is 0 Å². The molecular weight excluding hydrogens is 255 g/mol. The van der Waals surface area contributed by atoms with Gasteiger partial charge >= 0.3 is 6.18 Å². The number of aromatic nitrogens is 2. The van der Waals surface area contributed by atoms with Gasteiger partial charge in [0.2, 0.25) is 0 Å². The van der Waals surface area contributed by atoms with Crippen LogP contribution in [0.5, 0.6) is 0 Å². The summed E-state index contributed by atoms with van der Waals surface area (Å²) in [7, 11) is 0. The molecule has 1 saturated carbocycles. The molecule has 19 heavy (non-hydrogen) atoms. The topological polar surface area (TPSA) is 37.8 Å². The molecule has 1 aromatic rings. The van der Waals surface area contributed by atoms with E-state index in [0.29, 0.717) is 18.2 Å². The molecule has 0 radical (unpaired) electrons. The van der Waals surface area contributed by atoms with E-state index in [4.69, 9.17) is 0 Å². The van der Waals surface area contributed by atoms with Gasteiger partial charge in [-0.1, -0.05) is 0 Å². The Kier molecular flexibility index (Phi) is 3.20. The smallest absolute Gasteiger partial charge is 0.313 e. The first-order valence-corrected chi connectivity index (χ1v) is 6.64. The Labute approximate surface area is 109 Å². The molecule has 1 aromatic heterocycles. The quantitative estimate of drug-likeness (QED) is 0.917. The lowest BCUT2D eigenvalue weighted by atomic mass is 9.67. The first-order valence-electron chi connectivity index (χ1n) is 6.64. The van der Waals surface area contributed by atoms with Crippen LogP contribution < -0.4 is 5.32 Å². The monoisotopic (exact) mass is 271 g/mol. The van der Waals surface area contributed by atoms with E-state index in [0.717, 1.165) is 31.0 Å². The molecule has 4 rings (SSSR count). The van der Waals surface area contributed by atoms with Gasteiger partial charge in [0, 0.05) is 12.2 Å². The number of halogens is 3. The van der Waals surface area contributed by atoms with Gasteiger partial charge in [-0.15, -0.1) is 0 Å². The van der Waals surface area contributed by atoms with Gasteiger partial charge in [-0.2, -0.15) is 13.2 Å². The third kappa shape index (κ3) is 2.73. The first kappa shape index (κ1) is 12.8. The maximum Gasteiger partial charge on any atom is 0.434 e. The Morgan fingerprint density at radius 1 is 1.21 bits per heavy atom. The first-order chi connectivity index (χ1) is 9.02. The Balaban J connectivity index is 1.55. The second-order valence-electron chi connectivity index (χ2n) is 5.54. The van der Waals surface area contributed by atoms with Gasteiger partial charge in [0.25, 0.3) is 0 Å². The predicted octanol–water partition coefficient (Wildman–Crippen LogP) is 2.43. The van der Waals surface area contributed by atoms with E-state index in [1.165, 1.54) is 19.0 Å². The molecule has 2 saturated heterocycles. The summed E-state index contributed by atoms with van der Waals surface area (Å²) in [6.45, 7) is 1.08. The van der Waals surface area contributed by atoms with Gasteiger partial charge < -0.3 is 5.32 Å². The summed E-state index contributed by atoms with van der Waals surface area (Å²) in [5.41, 5.74) is -0.287. The van der Waals surface area contributed by atoms with Crippen molar-refractivity contribution in [3.05, 3.63) is 23.8 Å². The highest BCUT2D eigenvalue weighted by atomic mass is 19.4. The second-order valence-corrected chi connectivity index (χ2v) is 5.54. The number of fused-ring (bicyclic) bond motifs is 2. The van der Waals surface area contributed by atoms with Crippen molar-refractivity contribution in [2.75, 3.05) is 6.54 Å². The fraction of sp³-hybridized carbons (Fsp3) is 0.692. The molecule has 2 aliphatic heterocycles. The van der Waals surface area contributed by atoms with Crippen molar-refractivity contribution in [2.45, 2.75) is 37.9 Å². The van der Waals surface area contributed by atoms with Crippen LogP contribution in [0.25, 0.3) is 0 Å². The molecule has 3 nitrogen and oxygen atoms in total. The standard InChI is InChI=1S/C13H16F3N3/c14-13(15,16)12-7-17-10(6-19-12)1-2-11-9-3-8(4-9)5-18-11/h6-9,11,18H,1-5H2. The summed E-state index contributed by atoms with van der Waals surface area (Å²) in [4.78, 5) is 7.29. The van der Waals surface area contributed by atoms with Crippen LogP contribution in [0.1, 0.15) is 30.7 Å². The van der Waals surface area contributed by atoms with Crippen molar-refractivity contribution in [3.8, 4) is 0 Å². The molecule has 3 aliphatic rings. The van der Waals surface area contributed by atoms with E-state index in [-0.39, 0.29) is 0 Å². The molecule has 3 heterocycles. The average molecular weight is 271 g/mol. The highest BCUT2D eigenvalue weighted by molar-refractivity contribution is 5.06. The zero-order valence-electron chi connectivity index (χ0n) is 10.5. The lowest BCUT2D eigenvalue weighted by Crippen LogP contribution is -2.53. The minimum Gasteiger partial charge on any atom is -0.313 e. The summed E-state index contributed by atoms with van der Waals surface area (Å²) in [5, 5.41) is 3.50. The van der Waals surface area contributed by atoms with Gasteiger partial charge in [-0.05, 0) is 44.1 Å². The normalized spacial score (nSPS) is 29.9. The second kappa shape index (κ2) is 4.74. The van der Waals surface area contributed by atoms with Crippen LogP contribution in [0.15, 0.2) is 12.4 Å². The Morgan fingerprint density at radius 2 is 2.00 bits per heavy atom. The number of hydrogen-bond donors (Lipinski definition) is 1. The van der Waals surface area contributed by atoms with Crippen LogP contribution in [0.4, 0.5) is 13.2 Å². The van der Waals surface area contributed by atoms with Crippen LogP contribution in [0.2, 0.25) is 0 Å². The molecule has 6 heteroatoms. The number of piperidine rings is 2. The highest BCUT2D eigenvalue weighted by Crippen LogP contribution is 2.40. The van der Waals surface area contributed by atoms with E-state index >= 15 is 0 Å². The van der Waals surface area contributed by atoms with Gasteiger partial charge in [0.15, 0.2) is 5.69 Å². The zero-order chi connectivity index (χ0) is 13.5. The molecule has 1 atom stereocenters. The molecule has 0 spiro atoms. The maximum absolute atomic E-state index is 12.3. The van der Waals surface area contributed by atoms with Crippen molar-refractivity contribution < 1.29 is 13.2 Å². The number of rotatable bonds is 3. The van der Waals surface area contributed by atoms with E-state index in [2.05, 4.69) is 15.3 Å². The largest absolute Gasteiger partial charge is 0.434 e. The fourth-order valence-corrected chi connectivity index (χ4v) is 3.04. The Bertz CT molecular complexity index is 435. The summed E-state index contributed by atoms with van der Waals surface area (Å²) in [6.07, 6.45) is 1.88. The number of alkyl halides is 3. The zero-order valence-corrected chi connectivity index (χ0v) is 10.5. The molecule has 1 aliphatic carbocycles. The molecule has 0 amide bonds. The predicted molar refractivity (Wildman–Crippen MR) is 63.4 cm³/mol. The van der Waals surface area contributed by atoms with E-state index < -0.39 is 11.9 Å².